The van der Waals surface area contributed by atoms with E-state index in [0.717, 1.165) is 0 Å². The topological polar surface area (TPSA) is 72.5 Å². The minimum Gasteiger partial charge on any atom is -0.452 e. The number of carbonyl (C=O) groups excluding carboxylic acids is 3. The molecule has 0 aliphatic heterocycles. The summed E-state index contributed by atoms with van der Waals surface area (Å²) in [5.41, 5.74) is 0.757. The van der Waals surface area contributed by atoms with Crippen LogP contribution >= 0.6 is 0 Å². The van der Waals surface area contributed by atoms with E-state index in [0.29, 0.717) is 18.4 Å². The molecular formula is C13H13NO4. The summed E-state index contributed by atoms with van der Waals surface area (Å²) in [5.74, 6) is -1.01. The van der Waals surface area contributed by atoms with E-state index in [1.807, 2.05) is 0 Å². The number of carbonyl (C=O) groups is 3. The first-order chi connectivity index (χ1) is 8.67. The predicted octanol–water partition coefficient (Wildman–Crippen LogP) is 0.958. The first kappa shape index (κ1) is 13.6. The minimum absolute atomic E-state index is 0.289. The van der Waals surface area contributed by atoms with Crippen molar-refractivity contribution in [1.29, 1.82) is 0 Å². The lowest BCUT2D eigenvalue weighted by molar-refractivity contribution is -0.124. The van der Waals surface area contributed by atoms with E-state index in [-0.39, 0.29) is 12.2 Å². The molecule has 1 aromatic rings. The van der Waals surface area contributed by atoms with Crippen molar-refractivity contribution in [2.75, 3.05) is 13.2 Å². The molecule has 0 saturated heterocycles. The molecule has 0 radical (unpaired) electrons. The number of aldehydes is 1. The van der Waals surface area contributed by atoms with Crippen molar-refractivity contribution in [3.63, 3.8) is 0 Å². The molecule has 0 aromatic heterocycles. The first-order valence-electron chi connectivity index (χ1n) is 5.27. The Morgan fingerprint density at radius 2 is 1.94 bits per heavy atom. The van der Waals surface area contributed by atoms with Crippen LogP contribution in [0.15, 0.2) is 36.9 Å². The van der Waals surface area contributed by atoms with E-state index < -0.39 is 11.9 Å². The zero-order valence-corrected chi connectivity index (χ0v) is 9.72. The van der Waals surface area contributed by atoms with Crippen LogP contribution in [0.3, 0.4) is 0 Å². The number of hydrogen-bond acceptors (Lipinski definition) is 4. The highest BCUT2D eigenvalue weighted by Gasteiger charge is 2.09. The third kappa shape index (κ3) is 4.21. The van der Waals surface area contributed by atoms with Crippen LogP contribution in [0.1, 0.15) is 20.7 Å². The summed E-state index contributed by atoms with van der Waals surface area (Å²) in [6.45, 7) is 3.42. The molecule has 0 aliphatic rings. The summed E-state index contributed by atoms with van der Waals surface area (Å²) in [4.78, 5) is 33.1. The summed E-state index contributed by atoms with van der Waals surface area (Å²) in [6.07, 6.45) is 2.20. The number of benzene rings is 1. The minimum atomic E-state index is -0.610. The van der Waals surface area contributed by atoms with Crippen LogP contribution in [0.5, 0.6) is 0 Å². The zero-order valence-electron chi connectivity index (χ0n) is 9.72. The molecule has 0 bridgehead atoms. The van der Waals surface area contributed by atoms with E-state index >= 15 is 0 Å². The summed E-state index contributed by atoms with van der Waals surface area (Å²) in [5, 5.41) is 2.48. The Kier molecular flexibility index (Phi) is 5.31. The highest BCUT2D eigenvalue weighted by Crippen LogP contribution is 2.04. The van der Waals surface area contributed by atoms with Gasteiger partial charge in [-0.2, -0.15) is 0 Å². The Balaban J connectivity index is 2.47. The second kappa shape index (κ2) is 7.01. The normalized spacial score (nSPS) is 9.33. The third-order valence-corrected chi connectivity index (χ3v) is 2.06. The monoisotopic (exact) mass is 247 g/mol. The molecule has 1 amide bonds. The number of esters is 1. The summed E-state index contributed by atoms with van der Waals surface area (Å²) >= 11 is 0. The maximum atomic E-state index is 11.5. The van der Waals surface area contributed by atoms with Gasteiger partial charge in [-0.3, -0.25) is 9.59 Å². The Hall–Kier alpha value is -2.43. The molecule has 0 aliphatic carbocycles. The lowest BCUT2D eigenvalue weighted by atomic mass is 10.1. The van der Waals surface area contributed by atoms with E-state index in [4.69, 9.17) is 4.74 Å². The van der Waals surface area contributed by atoms with Crippen molar-refractivity contribution in [2.45, 2.75) is 0 Å². The first-order valence-corrected chi connectivity index (χ1v) is 5.27. The van der Waals surface area contributed by atoms with Crippen molar-refractivity contribution < 1.29 is 19.1 Å². The van der Waals surface area contributed by atoms with Crippen LogP contribution in [0.4, 0.5) is 0 Å². The lowest BCUT2D eigenvalue weighted by Gasteiger charge is -2.05. The van der Waals surface area contributed by atoms with Crippen molar-refractivity contribution >= 4 is 18.2 Å². The maximum Gasteiger partial charge on any atom is 0.338 e. The van der Waals surface area contributed by atoms with Gasteiger partial charge in [0.15, 0.2) is 6.61 Å². The van der Waals surface area contributed by atoms with Gasteiger partial charge >= 0.3 is 5.97 Å². The van der Waals surface area contributed by atoms with Gasteiger partial charge in [0.05, 0.1) is 5.56 Å². The molecule has 0 saturated carbocycles. The summed E-state index contributed by atoms with van der Waals surface area (Å²) in [7, 11) is 0. The molecule has 0 atom stereocenters. The van der Waals surface area contributed by atoms with Gasteiger partial charge in [-0.15, -0.1) is 6.58 Å². The smallest absolute Gasteiger partial charge is 0.338 e. The summed E-state index contributed by atoms with van der Waals surface area (Å²) < 4.78 is 4.79. The largest absolute Gasteiger partial charge is 0.452 e. The number of amides is 1. The van der Waals surface area contributed by atoms with Crippen LogP contribution < -0.4 is 5.32 Å². The molecule has 1 N–H and O–H groups in total. The van der Waals surface area contributed by atoms with E-state index in [1.54, 1.807) is 0 Å². The van der Waals surface area contributed by atoms with E-state index in [2.05, 4.69) is 11.9 Å². The molecular weight excluding hydrogens is 234 g/mol. The van der Waals surface area contributed by atoms with E-state index in [1.165, 1.54) is 30.3 Å². The van der Waals surface area contributed by atoms with Gasteiger partial charge in [0.25, 0.3) is 5.91 Å². The Labute approximate surface area is 104 Å². The molecule has 0 unspecified atom stereocenters. The van der Waals surface area contributed by atoms with Crippen LogP contribution in [-0.4, -0.2) is 31.3 Å². The number of hydrogen-bond donors (Lipinski definition) is 1. The molecule has 0 spiro atoms. The van der Waals surface area contributed by atoms with Gasteiger partial charge in [-0.05, 0) is 12.1 Å². The predicted molar refractivity (Wildman–Crippen MR) is 65.3 cm³/mol. The van der Waals surface area contributed by atoms with Crippen molar-refractivity contribution in [2.24, 2.45) is 0 Å². The van der Waals surface area contributed by atoms with Crippen molar-refractivity contribution in [3.8, 4) is 0 Å². The number of nitrogens with one attached hydrogen (secondary N) is 1. The fraction of sp³-hybridized carbons (Fsp3) is 0.154. The molecule has 5 nitrogen and oxygen atoms in total. The van der Waals surface area contributed by atoms with Gasteiger partial charge in [-0.25, -0.2) is 4.79 Å². The number of rotatable bonds is 6. The fourth-order valence-corrected chi connectivity index (χ4v) is 1.15. The molecule has 1 aromatic carbocycles. The van der Waals surface area contributed by atoms with Gasteiger partial charge in [-0.1, -0.05) is 18.2 Å². The highest BCUT2D eigenvalue weighted by molar-refractivity contribution is 5.92. The SMILES string of the molecule is C=CCNC(=O)COC(=O)c1ccc(C=O)cc1. The van der Waals surface area contributed by atoms with Crippen LogP contribution in [0.25, 0.3) is 0 Å². The average Bonchev–Trinajstić information content (AvgIpc) is 2.42. The van der Waals surface area contributed by atoms with Crippen molar-refractivity contribution in [3.05, 3.63) is 48.0 Å². The van der Waals surface area contributed by atoms with Gasteiger partial charge in [0, 0.05) is 12.1 Å². The Morgan fingerprint density at radius 1 is 1.28 bits per heavy atom. The van der Waals surface area contributed by atoms with Crippen LogP contribution in [0, 0.1) is 0 Å². The maximum absolute atomic E-state index is 11.5. The highest BCUT2D eigenvalue weighted by atomic mass is 16.5. The van der Waals surface area contributed by atoms with Gasteiger partial charge < -0.3 is 10.1 Å². The fourth-order valence-electron chi connectivity index (χ4n) is 1.15. The molecule has 0 fully saturated rings. The molecule has 5 heteroatoms. The van der Waals surface area contributed by atoms with Crippen LogP contribution in [-0.2, 0) is 9.53 Å². The lowest BCUT2D eigenvalue weighted by Crippen LogP contribution is -2.28. The quantitative estimate of drug-likeness (QED) is 0.461. The Bertz CT molecular complexity index is 451. The van der Waals surface area contributed by atoms with E-state index in [9.17, 15) is 14.4 Å². The third-order valence-electron chi connectivity index (χ3n) is 2.06. The second-order valence-corrected chi connectivity index (χ2v) is 3.41. The summed E-state index contributed by atoms with van der Waals surface area (Å²) in [6, 6.07) is 5.93. The van der Waals surface area contributed by atoms with Crippen LogP contribution in [0.2, 0.25) is 0 Å². The van der Waals surface area contributed by atoms with Crippen molar-refractivity contribution in [1.82, 2.24) is 5.32 Å². The van der Waals surface area contributed by atoms with Gasteiger partial charge in [0.2, 0.25) is 0 Å². The molecule has 18 heavy (non-hydrogen) atoms. The molecule has 0 heterocycles. The van der Waals surface area contributed by atoms with Gasteiger partial charge in [0.1, 0.15) is 6.29 Å². The number of ether oxygens (including phenoxy) is 1. The Morgan fingerprint density at radius 3 is 2.50 bits per heavy atom. The molecule has 94 valence electrons. The molecule has 1 rings (SSSR count). The standard InChI is InChI=1S/C13H13NO4/c1-2-7-14-12(16)9-18-13(17)11-5-3-10(8-15)4-6-11/h2-6,8H,1,7,9H2,(H,14,16). The average molecular weight is 247 g/mol. The zero-order chi connectivity index (χ0) is 13.4. The second-order valence-electron chi connectivity index (χ2n) is 3.41.